The maximum Gasteiger partial charge on any atom is 0.434 e. The van der Waals surface area contributed by atoms with E-state index in [2.05, 4.69) is 25.3 Å². The lowest BCUT2D eigenvalue weighted by Gasteiger charge is -2.13. The predicted octanol–water partition coefficient (Wildman–Crippen LogP) is 4.03. The van der Waals surface area contributed by atoms with Crippen LogP contribution in [0.5, 0.6) is 11.5 Å². The smallest absolute Gasteiger partial charge is 0.434 e. The molecule has 0 amide bonds. The molecule has 0 radical (unpaired) electrons. The van der Waals surface area contributed by atoms with E-state index >= 15 is 0 Å². The number of methoxy groups -OCH3 is 1. The monoisotopic (exact) mass is 438 g/mol. The molecule has 0 bridgehead atoms. The molecular weight excluding hydrogens is 419 g/mol. The second-order valence-electron chi connectivity index (χ2n) is 5.53. The van der Waals surface area contributed by atoms with Crippen LogP contribution in [0.2, 0.25) is 0 Å². The van der Waals surface area contributed by atoms with Crippen molar-refractivity contribution in [2.75, 3.05) is 13.7 Å². The van der Waals surface area contributed by atoms with Gasteiger partial charge in [-0.05, 0) is 19.1 Å². The molecule has 2 N–H and O–H groups in total. The van der Waals surface area contributed by atoms with Crippen LogP contribution in [0.1, 0.15) is 23.2 Å². The number of rotatable bonds is 8. The van der Waals surface area contributed by atoms with E-state index in [0.717, 1.165) is 16.7 Å². The zero-order chi connectivity index (χ0) is 21.4. The van der Waals surface area contributed by atoms with Crippen LogP contribution in [-0.4, -0.2) is 31.2 Å². The number of hydrogen-bond donors (Lipinski definition) is 2. The third-order valence-electron chi connectivity index (χ3n) is 3.49. The van der Waals surface area contributed by atoms with E-state index in [1.54, 1.807) is 19.1 Å². The molecule has 160 valence electrons. The van der Waals surface area contributed by atoms with Crippen molar-refractivity contribution in [1.82, 2.24) is 15.6 Å². The number of halogens is 5. The molecular formula is C17H19F5N4O2S. The van der Waals surface area contributed by atoms with E-state index in [0.29, 0.717) is 17.9 Å². The lowest BCUT2D eigenvalue weighted by molar-refractivity contribution is -0.140. The minimum atomic E-state index is -4.50. The van der Waals surface area contributed by atoms with E-state index in [1.165, 1.54) is 13.2 Å². The minimum Gasteiger partial charge on any atom is -0.497 e. The van der Waals surface area contributed by atoms with E-state index < -0.39 is 18.5 Å². The summed E-state index contributed by atoms with van der Waals surface area (Å²) in [6.07, 6.45) is -4.50. The van der Waals surface area contributed by atoms with E-state index in [-0.39, 0.29) is 29.8 Å². The Balaban J connectivity index is 2.09. The maximum absolute atomic E-state index is 12.6. The molecule has 0 aliphatic carbocycles. The summed E-state index contributed by atoms with van der Waals surface area (Å²) in [5, 5.41) is 6.95. The first-order valence-electron chi connectivity index (χ1n) is 8.38. The van der Waals surface area contributed by atoms with Crippen molar-refractivity contribution in [1.29, 1.82) is 0 Å². The lowest BCUT2D eigenvalue weighted by Crippen LogP contribution is -2.36. The fourth-order valence-electron chi connectivity index (χ4n) is 2.19. The quantitative estimate of drug-likeness (QED) is 0.370. The largest absolute Gasteiger partial charge is 0.497 e. The van der Waals surface area contributed by atoms with Crippen LogP contribution < -0.4 is 20.1 Å². The van der Waals surface area contributed by atoms with E-state index in [9.17, 15) is 22.0 Å². The molecule has 1 aromatic carbocycles. The fraction of sp³-hybridized carbons (Fsp3) is 0.412. The molecule has 0 saturated carbocycles. The van der Waals surface area contributed by atoms with Crippen molar-refractivity contribution in [3.63, 3.8) is 0 Å². The number of aromatic nitrogens is 1. The standard InChI is InChI=1S/C17H19F5N4O2S/c1-3-23-16(25-8-14-26-13(9-29-14)17(20,21)22)24-7-10-4-5-11(27-2)6-12(10)28-15(18)19/h4-6,9,15H,3,7-8H2,1-2H3,(H2,23,24,25). The highest BCUT2D eigenvalue weighted by molar-refractivity contribution is 7.09. The van der Waals surface area contributed by atoms with Gasteiger partial charge in [-0.25, -0.2) is 9.98 Å². The van der Waals surface area contributed by atoms with Gasteiger partial charge < -0.3 is 20.1 Å². The summed E-state index contributed by atoms with van der Waals surface area (Å²) < 4.78 is 72.7. The summed E-state index contributed by atoms with van der Waals surface area (Å²) in [5.74, 6) is 0.561. The van der Waals surface area contributed by atoms with E-state index in [1.807, 2.05) is 0 Å². The van der Waals surface area contributed by atoms with Gasteiger partial charge in [0.2, 0.25) is 0 Å². The highest BCUT2D eigenvalue weighted by atomic mass is 32.1. The molecule has 2 aromatic rings. The Morgan fingerprint density at radius 1 is 1.28 bits per heavy atom. The van der Waals surface area contributed by atoms with Crippen LogP contribution in [0.4, 0.5) is 22.0 Å². The average molecular weight is 438 g/mol. The zero-order valence-electron chi connectivity index (χ0n) is 15.5. The Labute approximate surface area is 167 Å². The van der Waals surface area contributed by atoms with Crippen molar-refractivity contribution in [2.24, 2.45) is 4.99 Å². The van der Waals surface area contributed by atoms with Gasteiger partial charge in [0.25, 0.3) is 0 Å². The predicted molar refractivity (Wildman–Crippen MR) is 98.4 cm³/mol. The molecule has 0 spiro atoms. The Bertz CT molecular complexity index is 826. The molecule has 0 fully saturated rings. The van der Waals surface area contributed by atoms with E-state index in [4.69, 9.17) is 4.74 Å². The third-order valence-corrected chi connectivity index (χ3v) is 4.34. The van der Waals surface area contributed by atoms with Gasteiger partial charge in [0, 0.05) is 23.6 Å². The van der Waals surface area contributed by atoms with Gasteiger partial charge in [0.1, 0.15) is 16.5 Å². The number of aliphatic imine (C=N–C) groups is 1. The molecule has 12 heteroatoms. The van der Waals surface area contributed by atoms with Gasteiger partial charge in [-0.2, -0.15) is 22.0 Å². The summed E-state index contributed by atoms with van der Waals surface area (Å²) in [6, 6.07) is 4.45. The number of nitrogens with zero attached hydrogens (tertiary/aromatic N) is 2. The SMILES string of the molecule is CCNC(=NCc1ccc(OC)cc1OC(F)F)NCc1nc(C(F)(F)F)cs1. The maximum atomic E-state index is 12.6. The van der Waals surface area contributed by atoms with Crippen LogP contribution in [0, 0.1) is 0 Å². The molecule has 0 saturated heterocycles. The van der Waals surface area contributed by atoms with Crippen LogP contribution in [0.3, 0.4) is 0 Å². The molecule has 0 aliphatic heterocycles. The van der Waals surface area contributed by atoms with Crippen molar-refractivity contribution in [3.05, 3.63) is 39.8 Å². The van der Waals surface area contributed by atoms with Crippen molar-refractivity contribution < 1.29 is 31.4 Å². The van der Waals surface area contributed by atoms with Crippen molar-refractivity contribution in [2.45, 2.75) is 32.8 Å². The number of alkyl halides is 5. The summed E-state index contributed by atoms with van der Waals surface area (Å²) in [4.78, 5) is 7.79. The first kappa shape index (κ1) is 22.7. The number of benzene rings is 1. The van der Waals surface area contributed by atoms with Gasteiger partial charge in [-0.15, -0.1) is 11.3 Å². The lowest BCUT2D eigenvalue weighted by atomic mass is 10.2. The molecule has 1 heterocycles. The second kappa shape index (κ2) is 10.2. The Kier molecular flexibility index (Phi) is 8.00. The third kappa shape index (κ3) is 7.04. The molecule has 29 heavy (non-hydrogen) atoms. The second-order valence-corrected chi connectivity index (χ2v) is 6.47. The summed E-state index contributed by atoms with van der Waals surface area (Å²) in [7, 11) is 1.40. The topological polar surface area (TPSA) is 67.8 Å². The normalized spacial score (nSPS) is 12.2. The number of guanidine groups is 1. The van der Waals surface area contributed by atoms with Crippen LogP contribution in [-0.2, 0) is 19.3 Å². The fourth-order valence-corrected chi connectivity index (χ4v) is 2.93. The van der Waals surface area contributed by atoms with Gasteiger partial charge in [0.05, 0.1) is 20.2 Å². The van der Waals surface area contributed by atoms with Gasteiger partial charge in [-0.1, -0.05) is 0 Å². The number of hydrogen-bond acceptors (Lipinski definition) is 5. The molecule has 0 unspecified atom stereocenters. The van der Waals surface area contributed by atoms with Gasteiger partial charge in [-0.3, -0.25) is 0 Å². The summed E-state index contributed by atoms with van der Waals surface area (Å²) in [6.45, 7) is -0.701. The first-order valence-corrected chi connectivity index (χ1v) is 9.26. The van der Waals surface area contributed by atoms with Crippen LogP contribution >= 0.6 is 11.3 Å². The minimum absolute atomic E-state index is 0.00689. The van der Waals surface area contributed by atoms with Crippen molar-refractivity contribution >= 4 is 17.3 Å². The Morgan fingerprint density at radius 3 is 2.62 bits per heavy atom. The van der Waals surface area contributed by atoms with Crippen molar-refractivity contribution in [3.8, 4) is 11.5 Å². The molecule has 0 aliphatic rings. The first-order chi connectivity index (χ1) is 13.7. The highest BCUT2D eigenvalue weighted by Gasteiger charge is 2.33. The molecule has 2 rings (SSSR count). The number of ether oxygens (including phenoxy) is 2. The molecule has 1 aromatic heterocycles. The Hall–Kier alpha value is -2.63. The van der Waals surface area contributed by atoms with Gasteiger partial charge >= 0.3 is 12.8 Å². The summed E-state index contributed by atoms with van der Waals surface area (Å²) >= 11 is 0.871. The van der Waals surface area contributed by atoms with Crippen LogP contribution in [0.15, 0.2) is 28.6 Å². The highest BCUT2D eigenvalue weighted by Crippen LogP contribution is 2.30. The zero-order valence-corrected chi connectivity index (χ0v) is 16.3. The average Bonchev–Trinajstić information content (AvgIpc) is 3.13. The molecule has 0 atom stereocenters. The molecule has 6 nitrogen and oxygen atoms in total. The summed E-state index contributed by atoms with van der Waals surface area (Å²) in [5.41, 5.74) is -0.565. The number of nitrogens with one attached hydrogen (secondary N) is 2. The Morgan fingerprint density at radius 2 is 2.03 bits per heavy atom. The van der Waals surface area contributed by atoms with Crippen LogP contribution in [0.25, 0.3) is 0 Å². The number of thiazole rings is 1. The van der Waals surface area contributed by atoms with Gasteiger partial charge in [0.15, 0.2) is 11.7 Å².